The zero-order valence-electron chi connectivity index (χ0n) is 11.0. The summed E-state index contributed by atoms with van der Waals surface area (Å²) in [4.78, 5) is 8.69. The number of rotatable bonds is 3. The van der Waals surface area contributed by atoms with Crippen LogP contribution in [0.15, 0.2) is 67.0 Å². The van der Waals surface area contributed by atoms with E-state index in [2.05, 4.69) is 9.97 Å². The summed E-state index contributed by atoms with van der Waals surface area (Å²) in [5.74, 6) is 0. The Bertz CT molecular complexity index is 691. The fourth-order valence-electron chi connectivity index (χ4n) is 2.09. The number of nitrogens with zero attached hydrogens (tertiary/aromatic N) is 2. The van der Waals surface area contributed by atoms with Crippen molar-refractivity contribution in [3.05, 3.63) is 72.6 Å². The Morgan fingerprint density at radius 2 is 1.35 bits per heavy atom. The lowest BCUT2D eigenvalue weighted by molar-refractivity contribution is 1.07. The maximum Gasteiger partial charge on any atom is 0.116 e. The first kappa shape index (κ1) is 12.5. The molecule has 0 saturated heterocycles. The van der Waals surface area contributed by atoms with Crippen molar-refractivity contribution in [2.45, 2.75) is 6.54 Å². The minimum absolute atomic E-state index is 0.555. The Hall–Kier alpha value is -2.52. The van der Waals surface area contributed by atoms with Crippen molar-refractivity contribution in [2.24, 2.45) is 5.73 Å². The molecule has 0 amide bonds. The third-order valence-electron chi connectivity index (χ3n) is 3.22. The van der Waals surface area contributed by atoms with Crippen molar-refractivity contribution in [3.8, 4) is 22.5 Å². The van der Waals surface area contributed by atoms with Crippen LogP contribution in [-0.4, -0.2) is 9.97 Å². The number of hydrogen-bond donors (Lipinski definition) is 1. The molecule has 20 heavy (non-hydrogen) atoms. The number of nitrogens with two attached hydrogens (primary N) is 1. The third kappa shape index (κ3) is 2.58. The van der Waals surface area contributed by atoms with Crippen molar-refractivity contribution in [1.82, 2.24) is 9.97 Å². The monoisotopic (exact) mass is 261 g/mol. The Balaban J connectivity index is 1.98. The summed E-state index contributed by atoms with van der Waals surface area (Å²) in [7, 11) is 0. The highest BCUT2D eigenvalue weighted by Crippen LogP contribution is 2.22. The van der Waals surface area contributed by atoms with Crippen LogP contribution in [0, 0.1) is 0 Å². The second-order valence-electron chi connectivity index (χ2n) is 4.56. The fourth-order valence-corrected chi connectivity index (χ4v) is 2.09. The lowest BCUT2D eigenvalue weighted by Crippen LogP contribution is -1.95. The predicted octanol–water partition coefficient (Wildman–Crippen LogP) is 3.27. The molecular weight excluding hydrogens is 246 g/mol. The van der Waals surface area contributed by atoms with Gasteiger partial charge in [-0.2, -0.15) is 0 Å². The maximum atomic E-state index is 5.61. The van der Waals surface area contributed by atoms with Crippen LogP contribution >= 0.6 is 0 Å². The number of hydrogen-bond acceptors (Lipinski definition) is 3. The minimum atomic E-state index is 0.555. The van der Waals surface area contributed by atoms with Crippen molar-refractivity contribution in [1.29, 1.82) is 0 Å². The van der Waals surface area contributed by atoms with E-state index in [0.29, 0.717) is 6.54 Å². The Morgan fingerprint density at radius 3 is 1.95 bits per heavy atom. The van der Waals surface area contributed by atoms with Gasteiger partial charge in [0, 0.05) is 17.7 Å². The van der Waals surface area contributed by atoms with Gasteiger partial charge in [-0.1, -0.05) is 54.6 Å². The van der Waals surface area contributed by atoms with Crippen LogP contribution in [0.4, 0.5) is 0 Å². The maximum absolute atomic E-state index is 5.61. The lowest BCUT2D eigenvalue weighted by Gasteiger charge is -2.05. The molecule has 0 radical (unpaired) electrons. The van der Waals surface area contributed by atoms with Crippen LogP contribution in [0.3, 0.4) is 0 Å². The zero-order valence-corrected chi connectivity index (χ0v) is 11.0. The molecule has 3 rings (SSSR count). The van der Waals surface area contributed by atoms with Crippen LogP contribution in [0.25, 0.3) is 22.5 Å². The lowest BCUT2D eigenvalue weighted by atomic mass is 10.1. The largest absolute Gasteiger partial charge is 0.326 e. The highest BCUT2D eigenvalue weighted by atomic mass is 14.8. The van der Waals surface area contributed by atoms with E-state index in [1.807, 2.05) is 60.7 Å². The summed E-state index contributed by atoms with van der Waals surface area (Å²) in [6.07, 6.45) is 1.61. The molecule has 98 valence electrons. The van der Waals surface area contributed by atoms with E-state index in [-0.39, 0.29) is 0 Å². The van der Waals surface area contributed by atoms with Gasteiger partial charge >= 0.3 is 0 Å². The summed E-state index contributed by atoms with van der Waals surface area (Å²) in [6, 6.07) is 20.2. The fraction of sp³-hybridized carbons (Fsp3) is 0.0588. The topological polar surface area (TPSA) is 51.8 Å². The first-order chi connectivity index (χ1) is 9.86. The Kier molecular flexibility index (Phi) is 3.52. The van der Waals surface area contributed by atoms with Gasteiger partial charge in [0.1, 0.15) is 6.33 Å². The van der Waals surface area contributed by atoms with E-state index in [0.717, 1.165) is 28.1 Å². The van der Waals surface area contributed by atoms with Crippen LogP contribution < -0.4 is 5.73 Å². The van der Waals surface area contributed by atoms with E-state index in [1.54, 1.807) is 6.33 Å². The van der Waals surface area contributed by atoms with Gasteiger partial charge in [-0.3, -0.25) is 0 Å². The summed E-state index contributed by atoms with van der Waals surface area (Å²) in [6.45, 7) is 0.555. The van der Waals surface area contributed by atoms with Crippen LogP contribution in [0.5, 0.6) is 0 Å². The summed E-state index contributed by atoms with van der Waals surface area (Å²) >= 11 is 0. The quantitative estimate of drug-likeness (QED) is 0.787. The average molecular weight is 261 g/mol. The van der Waals surface area contributed by atoms with Gasteiger partial charge in [-0.25, -0.2) is 9.97 Å². The first-order valence-corrected chi connectivity index (χ1v) is 6.53. The normalized spacial score (nSPS) is 10.4. The molecule has 0 aliphatic heterocycles. The van der Waals surface area contributed by atoms with E-state index < -0.39 is 0 Å². The Labute approximate surface area is 118 Å². The molecule has 2 N–H and O–H groups in total. The molecule has 0 spiro atoms. The number of aromatic nitrogens is 2. The summed E-state index contributed by atoms with van der Waals surface area (Å²) < 4.78 is 0. The molecule has 0 fully saturated rings. The molecule has 0 aliphatic carbocycles. The van der Waals surface area contributed by atoms with Gasteiger partial charge in [0.05, 0.1) is 11.4 Å². The van der Waals surface area contributed by atoms with Crippen molar-refractivity contribution in [3.63, 3.8) is 0 Å². The van der Waals surface area contributed by atoms with Crippen LogP contribution in [-0.2, 0) is 6.54 Å². The minimum Gasteiger partial charge on any atom is -0.326 e. The molecule has 0 atom stereocenters. The zero-order chi connectivity index (χ0) is 13.8. The first-order valence-electron chi connectivity index (χ1n) is 6.53. The molecule has 1 heterocycles. The molecule has 3 nitrogen and oxygen atoms in total. The van der Waals surface area contributed by atoms with E-state index in [1.165, 1.54) is 0 Å². The molecule has 0 aliphatic rings. The Morgan fingerprint density at radius 1 is 0.750 bits per heavy atom. The van der Waals surface area contributed by atoms with Crippen molar-refractivity contribution >= 4 is 0 Å². The molecule has 0 bridgehead atoms. The predicted molar refractivity (Wildman–Crippen MR) is 80.8 cm³/mol. The smallest absolute Gasteiger partial charge is 0.116 e. The van der Waals surface area contributed by atoms with Gasteiger partial charge < -0.3 is 5.73 Å². The summed E-state index contributed by atoms with van der Waals surface area (Å²) in [5, 5.41) is 0. The average Bonchev–Trinajstić information content (AvgIpc) is 2.56. The third-order valence-corrected chi connectivity index (χ3v) is 3.22. The standard InChI is InChI=1S/C17H15N3/c18-11-13-6-8-15(9-7-13)17-10-16(19-12-20-17)14-4-2-1-3-5-14/h1-10,12H,11,18H2. The molecule has 3 aromatic rings. The van der Waals surface area contributed by atoms with Crippen LogP contribution in [0.2, 0.25) is 0 Å². The van der Waals surface area contributed by atoms with Gasteiger partial charge in [-0.05, 0) is 11.6 Å². The van der Waals surface area contributed by atoms with E-state index in [4.69, 9.17) is 5.73 Å². The molecule has 3 heteroatoms. The molecule has 0 saturated carbocycles. The van der Waals surface area contributed by atoms with Crippen LogP contribution in [0.1, 0.15) is 5.56 Å². The highest BCUT2D eigenvalue weighted by molar-refractivity contribution is 5.67. The molecule has 2 aromatic carbocycles. The van der Waals surface area contributed by atoms with Crippen molar-refractivity contribution < 1.29 is 0 Å². The van der Waals surface area contributed by atoms with Gasteiger partial charge in [0.2, 0.25) is 0 Å². The SMILES string of the molecule is NCc1ccc(-c2cc(-c3ccccc3)ncn2)cc1. The van der Waals surface area contributed by atoms with E-state index >= 15 is 0 Å². The number of benzene rings is 2. The highest BCUT2D eigenvalue weighted by Gasteiger charge is 2.03. The van der Waals surface area contributed by atoms with E-state index in [9.17, 15) is 0 Å². The molecular formula is C17H15N3. The van der Waals surface area contributed by atoms with Gasteiger partial charge in [0.25, 0.3) is 0 Å². The van der Waals surface area contributed by atoms with Crippen molar-refractivity contribution in [2.75, 3.05) is 0 Å². The van der Waals surface area contributed by atoms with Gasteiger partial charge in [-0.15, -0.1) is 0 Å². The second-order valence-corrected chi connectivity index (χ2v) is 4.56. The molecule has 0 unspecified atom stereocenters. The molecule has 1 aromatic heterocycles. The van der Waals surface area contributed by atoms with Gasteiger partial charge in [0.15, 0.2) is 0 Å². The second kappa shape index (κ2) is 5.63. The summed E-state index contributed by atoms with van der Waals surface area (Å²) in [5.41, 5.74) is 10.7.